The fourth-order valence-corrected chi connectivity index (χ4v) is 1.57. The second-order valence-corrected chi connectivity index (χ2v) is 4.26. The van der Waals surface area contributed by atoms with E-state index in [1.165, 1.54) is 0 Å². The summed E-state index contributed by atoms with van der Waals surface area (Å²) in [5.41, 5.74) is -2.03. The van der Waals surface area contributed by atoms with Gasteiger partial charge in [-0.1, -0.05) is 22.0 Å². The van der Waals surface area contributed by atoms with Crippen LogP contribution in [0.2, 0.25) is 0 Å². The Morgan fingerprint density at radius 2 is 2.00 bits per heavy atom. The molecule has 0 fully saturated rings. The van der Waals surface area contributed by atoms with Gasteiger partial charge in [-0.3, -0.25) is 4.79 Å². The van der Waals surface area contributed by atoms with Crippen molar-refractivity contribution in [3.63, 3.8) is 0 Å². The van der Waals surface area contributed by atoms with Gasteiger partial charge in [0.2, 0.25) is 0 Å². The predicted octanol–water partition coefficient (Wildman–Crippen LogP) is 3.36. The summed E-state index contributed by atoms with van der Waals surface area (Å²) >= 11 is 3.13. The molecule has 0 radical (unpaired) electrons. The lowest BCUT2D eigenvalue weighted by molar-refractivity contribution is -0.140. The third-order valence-electron chi connectivity index (χ3n) is 2.14. The van der Waals surface area contributed by atoms with Gasteiger partial charge in [-0.05, 0) is 18.6 Å². The molecule has 1 amide bonds. The summed E-state index contributed by atoms with van der Waals surface area (Å²) in [6.45, 7) is 0.264. The number of benzene rings is 1. The average Bonchev–Trinajstić information content (AvgIpc) is 2.28. The van der Waals surface area contributed by atoms with Crippen molar-refractivity contribution < 1.29 is 22.4 Å². The molecule has 0 heterocycles. The topological polar surface area (TPSA) is 29.1 Å². The van der Waals surface area contributed by atoms with Crippen LogP contribution >= 0.6 is 15.9 Å². The Morgan fingerprint density at radius 3 is 2.56 bits per heavy atom. The van der Waals surface area contributed by atoms with Crippen LogP contribution in [0.3, 0.4) is 0 Å². The molecule has 0 aromatic heterocycles. The van der Waals surface area contributed by atoms with Crippen LogP contribution in [0.4, 0.5) is 17.6 Å². The molecule has 0 atom stereocenters. The van der Waals surface area contributed by atoms with E-state index in [0.717, 1.165) is 12.1 Å². The molecule has 2 nitrogen and oxygen atoms in total. The summed E-state index contributed by atoms with van der Waals surface area (Å²) in [6, 6.07) is 2.63. The number of alkyl halides is 4. The molecule has 0 aliphatic carbocycles. The van der Waals surface area contributed by atoms with Crippen molar-refractivity contribution >= 4 is 21.8 Å². The van der Waals surface area contributed by atoms with E-state index in [1.54, 1.807) is 0 Å². The second kappa shape index (κ2) is 6.17. The molecule has 0 aliphatic heterocycles. The summed E-state index contributed by atoms with van der Waals surface area (Å²) in [5.74, 6) is -2.39. The van der Waals surface area contributed by atoms with Crippen LogP contribution in [0.25, 0.3) is 0 Å². The van der Waals surface area contributed by atoms with E-state index >= 15 is 0 Å². The highest BCUT2D eigenvalue weighted by Gasteiger charge is 2.35. The molecule has 1 rings (SSSR count). The van der Waals surface area contributed by atoms with Gasteiger partial charge in [-0.25, -0.2) is 4.39 Å². The molecule has 0 saturated carbocycles. The average molecular weight is 328 g/mol. The number of rotatable bonds is 4. The largest absolute Gasteiger partial charge is 0.419 e. The SMILES string of the molecule is O=C(NCCCBr)c1cccc(C(F)(F)F)c1F. The van der Waals surface area contributed by atoms with Crippen molar-refractivity contribution in [1.82, 2.24) is 5.32 Å². The summed E-state index contributed by atoms with van der Waals surface area (Å²) in [5, 5.41) is 2.98. The van der Waals surface area contributed by atoms with Crippen molar-refractivity contribution in [2.45, 2.75) is 12.6 Å². The first kappa shape index (κ1) is 14.9. The molecule has 1 N–H and O–H groups in total. The zero-order valence-electron chi connectivity index (χ0n) is 9.15. The second-order valence-electron chi connectivity index (χ2n) is 3.46. The molecule has 0 unspecified atom stereocenters. The first-order valence-electron chi connectivity index (χ1n) is 5.07. The Balaban J connectivity index is 2.93. The van der Waals surface area contributed by atoms with E-state index in [2.05, 4.69) is 21.2 Å². The minimum atomic E-state index is -4.81. The van der Waals surface area contributed by atoms with Crippen LogP contribution < -0.4 is 5.32 Å². The molecular formula is C11H10BrF4NO. The van der Waals surface area contributed by atoms with E-state index in [4.69, 9.17) is 0 Å². The summed E-state index contributed by atoms with van der Waals surface area (Å²) in [7, 11) is 0. The third kappa shape index (κ3) is 3.69. The van der Waals surface area contributed by atoms with Crippen LogP contribution in [-0.2, 0) is 6.18 Å². The van der Waals surface area contributed by atoms with Crippen molar-refractivity contribution in [2.75, 3.05) is 11.9 Å². The van der Waals surface area contributed by atoms with Crippen molar-refractivity contribution in [1.29, 1.82) is 0 Å². The molecule has 0 aliphatic rings. The van der Waals surface area contributed by atoms with Gasteiger partial charge in [0.1, 0.15) is 5.82 Å². The number of hydrogen-bond acceptors (Lipinski definition) is 1. The third-order valence-corrected chi connectivity index (χ3v) is 2.71. The van der Waals surface area contributed by atoms with Gasteiger partial charge in [0.15, 0.2) is 0 Å². The maximum Gasteiger partial charge on any atom is 0.419 e. The standard InChI is InChI=1S/C11H10BrF4NO/c12-5-2-6-17-10(18)7-3-1-4-8(9(7)13)11(14,15)16/h1,3-4H,2,5-6H2,(H,17,18). The number of nitrogens with one attached hydrogen (secondary N) is 1. The highest BCUT2D eigenvalue weighted by molar-refractivity contribution is 9.09. The Kier molecular flexibility index (Phi) is 5.13. The van der Waals surface area contributed by atoms with E-state index < -0.39 is 29.0 Å². The van der Waals surface area contributed by atoms with Crippen LogP contribution in [0, 0.1) is 5.82 Å². The van der Waals surface area contributed by atoms with Crippen molar-refractivity contribution in [2.24, 2.45) is 0 Å². The van der Waals surface area contributed by atoms with Gasteiger partial charge in [0, 0.05) is 11.9 Å². The van der Waals surface area contributed by atoms with E-state index in [-0.39, 0.29) is 6.54 Å². The normalized spacial score (nSPS) is 11.4. The minimum Gasteiger partial charge on any atom is -0.352 e. The molecule has 100 valence electrons. The van der Waals surface area contributed by atoms with Gasteiger partial charge < -0.3 is 5.32 Å². The maximum atomic E-state index is 13.5. The van der Waals surface area contributed by atoms with Gasteiger partial charge >= 0.3 is 6.18 Å². The lowest BCUT2D eigenvalue weighted by Gasteiger charge is -2.11. The van der Waals surface area contributed by atoms with E-state index in [9.17, 15) is 22.4 Å². The zero-order valence-corrected chi connectivity index (χ0v) is 10.7. The van der Waals surface area contributed by atoms with Crippen LogP contribution in [0.1, 0.15) is 22.3 Å². The fraction of sp³-hybridized carbons (Fsp3) is 0.364. The van der Waals surface area contributed by atoms with Crippen molar-refractivity contribution in [3.05, 3.63) is 35.1 Å². The number of amides is 1. The number of carbonyl (C=O) groups excluding carboxylic acids is 1. The lowest BCUT2D eigenvalue weighted by atomic mass is 10.1. The number of carbonyl (C=O) groups is 1. The lowest BCUT2D eigenvalue weighted by Crippen LogP contribution is -2.26. The zero-order chi connectivity index (χ0) is 13.8. The van der Waals surface area contributed by atoms with Crippen LogP contribution in [0.15, 0.2) is 18.2 Å². The molecule has 0 bridgehead atoms. The Bertz CT molecular complexity index is 434. The quantitative estimate of drug-likeness (QED) is 0.513. The summed E-state index contributed by atoms with van der Waals surface area (Å²) in [6.07, 6.45) is -4.21. The molecule has 1 aromatic carbocycles. The van der Waals surface area contributed by atoms with Gasteiger partial charge in [0.25, 0.3) is 5.91 Å². The highest BCUT2D eigenvalue weighted by atomic mass is 79.9. The molecule has 18 heavy (non-hydrogen) atoms. The van der Waals surface area contributed by atoms with Crippen molar-refractivity contribution in [3.8, 4) is 0 Å². The number of hydrogen-bond donors (Lipinski definition) is 1. The van der Waals surface area contributed by atoms with E-state index in [0.29, 0.717) is 17.8 Å². The first-order valence-corrected chi connectivity index (χ1v) is 6.20. The maximum absolute atomic E-state index is 13.5. The van der Waals surface area contributed by atoms with E-state index in [1.807, 2.05) is 0 Å². The van der Waals surface area contributed by atoms with Gasteiger partial charge in [0.05, 0.1) is 11.1 Å². The summed E-state index contributed by atoms with van der Waals surface area (Å²) < 4.78 is 50.8. The minimum absolute atomic E-state index is 0.264. The Morgan fingerprint density at radius 1 is 1.33 bits per heavy atom. The molecule has 7 heteroatoms. The smallest absolute Gasteiger partial charge is 0.352 e. The Labute approximate surface area is 109 Å². The van der Waals surface area contributed by atoms with Gasteiger partial charge in [-0.2, -0.15) is 13.2 Å². The Hall–Kier alpha value is -1.11. The summed E-state index contributed by atoms with van der Waals surface area (Å²) in [4.78, 5) is 11.5. The van der Waals surface area contributed by atoms with Gasteiger partial charge in [-0.15, -0.1) is 0 Å². The molecule has 0 spiro atoms. The monoisotopic (exact) mass is 327 g/mol. The predicted molar refractivity (Wildman–Crippen MR) is 62.1 cm³/mol. The first-order chi connectivity index (χ1) is 8.38. The fourth-order valence-electron chi connectivity index (χ4n) is 1.29. The highest BCUT2D eigenvalue weighted by Crippen LogP contribution is 2.32. The molecular weight excluding hydrogens is 318 g/mol. The molecule has 1 aromatic rings. The van der Waals surface area contributed by atoms with Crippen LogP contribution in [0.5, 0.6) is 0 Å². The molecule has 0 saturated heterocycles. The number of halogens is 5. The van der Waals surface area contributed by atoms with Crippen LogP contribution in [-0.4, -0.2) is 17.8 Å².